The molecule has 0 amide bonds. The average molecular weight is 209 g/mol. The number of nitrogen functional groups attached to an aromatic ring is 1. The molecule has 0 aliphatic heterocycles. The van der Waals surface area contributed by atoms with Crippen LogP contribution in [-0.4, -0.2) is 14.2 Å². The van der Waals surface area contributed by atoms with Gasteiger partial charge in [0.25, 0.3) is 0 Å². The fourth-order valence-corrected chi connectivity index (χ4v) is 1.37. The van der Waals surface area contributed by atoms with E-state index in [9.17, 15) is 0 Å². The first kappa shape index (κ1) is 11.7. The summed E-state index contributed by atoms with van der Waals surface area (Å²) in [7, 11) is 3.22. The first-order valence-electron chi connectivity index (χ1n) is 4.92. The van der Waals surface area contributed by atoms with Gasteiger partial charge in [-0.2, -0.15) is 0 Å². The van der Waals surface area contributed by atoms with Gasteiger partial charge < -0.3 is 15.2 Å². The Morgan fingerprint density at radius 1 is 1.00 bits per heavy atom. The van der Waals surface area contributed by atoms with Crippen LogP contribution >= 0.6 is 0 Å². The summed E-state index contributed by atoms with van der Waals surface area (Å²) in [5, 5.41) is 0. The molecule has 15 heavy (non-hydrogen) atoms. The molecule has 0 saturated carbocycles. The lowest BCUT2D eigenvalue weighted by atomic mass is 9.86. The van der Waals surface area contributed by atoms with Gasteiger partial charge in [-0.1, -0.05) is 20.8 Å². The van der Waals surface area contributed by atoms with Crippen LogP contribution in [0.3, 0.4) is 0 Å². The number of hydrogen-bond donors (Lipinski definition) is 1. The fraction of sp³-hybridized carbons (Fsp3) is 0.500. The third-order valence-corrected chi connectivity index (χ3v) is 2.41. The monoisotopic (exact) mass is 209 g/mol. The molecule has 0 fully saturated rings. The lowest BCUT2D eigenvalue weighted by Crippen LogP contribution is -2.12. The number of anilines is 1. The summed E-state index contributed by atoms with van der Waals surface area (Å²) < 4.78 is 10.4. The lowest BCUT2D eigenvalue weighted by Gasteiger charge is -2.21. The third kappa shape index (κ3) is 2.35. The van der Waals surface area contributed by atoms with Crippen molar-refractivity contribution in [2.45, 2.75) is 26.2 Å². The highest BCUT2D eigenvalue weighted by molar-refractivity contribution is 5.65. The van der Waals surface area contributed by atoms with E-state index in [0.717, 1.165) is 5.56 Å². The Labute approximate surface area is 91.2 Å². The second kappa shape index (κ2) is 4.01. The van der Waals surface area contributed by atoms with E-state index in [1.807, 2.05) is 12.1 Å². The molecule has 0 saturated heterocycles. The van der Waals surface area contributed by atoms with Crippen molar-refractivity contribution in [1.82, 2.24) is 0 Å². The van der Waals surface area contributed by atoms with Gasteiger partial charge in [0.15, 0.2) is 0 Å². The standard InChI is InChI=1S/C12H19NO2/c1-12(2,3)8-6-9(14-4)11(13)10(7-8)15-5/h6-7H,13H2,1-5H3. The van der Waals surface area contributed by atoms with Crippen LogP contribution < -0.4 is 15.2 Å². The van der Waals surface area contributed by atoms with E-state index >= 15 is 0 Å². The summed E-state index contributed by atoms with van der Waals surface area (Å²) in [6.45, 7) is 6.41. The summed E-state index contributed by atoms with van der Waals surface area (Å²) in [6.07, 6.45) is 0. The molecule has 0 aromatic heterocycles. The average Bonchev–Trinajstić information content (AvgIpc) is 2.16. The van der Waals surface area contributed by atoms with Gasteiger partial charge in [-0.25, -0.2) is 0 Å². The van der Waals surface area contributed by atoms with Crippen LogP contribution in [0, 0.1) is 0 Å². The molecule has 1 aromatic carbocycles. The highest BCUT2D eigenvalue weighted by Gasteiger charge is 2.18. The molecule has 84 valence electrons. The van der Waals surface area contributed by atoms with Crippen molar-refractivity contribution < 1.29 is 9.47 Å². The predicted molar refractivity (Wildman–Crippen MR) is 62.7 cm³/mol. The van der Waals surface area contributed by atoms with Crippen LogP contribution in [0.25, 0.3) is 0 Å². The minimum absolute atomic E-state index is 0.0499. The summed E-state index contributed by atoms with van der Waals surface area (Å²) in [5.41, 5.74) is 7.61. The largest absolute Gasteiger partial charge is 0.494 e. The molecule has 0 unspecified atom stereocenters. The van der Waals surface area contributed by atoms with Crippen molar-refractivity contribution in [3.63, 3.8) is 0 Å². The predicted octanol–water partition coefficient (Wildman–Crippen LogP) is 2.58. The molecule has 0 radical (unpaired) electrons. The van der Waals surface area contributed by atoms with Crippen molar-refractivity contribution in [3.05, 3.63) is 17.7 Å². The molecular formula is C12H19NO2. The maximum atomic E-state index is 5.87. The lowest BCUT2D eigenvalue weighted by molar-refractivity contribution is 0.395. The Kier molecular flexibility index (Phi) is 3.12. The Bertz CT molecular complexity index is 328. The van der Waals surface area contributed by atoms with Crippen molar-refractivity contribution >= 4 is 5.69 Å². The Balaban J connectivity index is 3.33. The normalized spacial score (nSPS) is 11.3. The van der Waals surface area contributed by atoms with E-state index in [4.69, 9.17) is 15.2 Å². The van der Waals surface area contributed by atoms with Crippen LogP contribution in [0.5, 0.6) is 11.5 Å². The first-order chi connectivity index (χ1) is 6.90. The van der Waals surface area contributed by atoms with Crippen LogP contribution in [0.4, 0.5) is 5.69 Å². The summed E-state index contributed by atoms with van der Waals surface area (Å²) in [6, 6.07) is 3.91. The topological polar surface area (TPSA) is 44.5 Å². The van der Waals surface area contributed by atoms with E-state index in [1.165, 1.54) is 0 Å². The summed E-state index contributed by atoms with van der Waals surface area (Å²) >= 11 is 0. The van der Waals surface area contributed by atoms with Crippen molar-refractivity contribution in [2.24, 2.45) is 0 Å². The number of methoxy groups -OCH3 is 2. The quantitative estimate of drug-likeness (QED) is 0.761. The van der Waals surface area contributed by atoms with Gasteiger partial charge in [0, 0.05) is 0 Å². The molecule has 0 spiro atoms. The number of rotatable bonds is 2. The number of ether oxygens (including phenoxy) is 2. The SMILES string of the molecule is COc1cc(C(C)(C)C)cc(OC)c1N. The minimum atomic E-state index is 0.0499. The highest BCUT2D eigenvalue weighted by atomic mass is 16.5. The molecule has 0 aliphatic carbocycles. The molecular weight excluding hydrogens is 190 g/mol. The Hall–Kier alpha value is -1.38. The van der Waals surface area contributed by atoms with E-state index in [0.29, 0.717) is 17.2 Å². The Morgan fingerprint density at radius 3 is 1.67 bits per heavy atom. The van der Waals surface area contributed by atoms with Gasteiger partial charge in [0.05, 0.1) is 14.2 Å². The fourth-order valence-electron chi connectivity index (χ4n) is 1.37. The van der Waals surface area contributed by atoms with Gasteiger partial charge in [-0.05, 0) is 23.1 Å². The molecule has 3 heteroatoms. The van der Waals surface area contributed by atoms with Crippen molar-refractivity contribution in [3.8, 4) is 11.5 Å². The van der Waals surface area contributed by atoms with E-state index in [2.05, 4.69) is 20.8 Å². The van der Waals surface area contributed by atoms with Crippen LogP contribution in [-0.2, 0) is 5.41 Å². The van der Waals surface area contributed by atoms with Gasteiger partial charge >= 0.3 is 0 Å². The molecule has 0 aliphatic rings. The van der Waals surface area contributed by atoms with Crippen LogP contribution in [0.2, 0.25) is 0 Å². The van der Waals surface area contributed by atoms with E-state index in [1.54, 1.807) is 14.2 Å². The number of hydrogen-bond acceptors (Lipinski definition) is 3. The zero-order valence-corrected chi connectivity index (χ0v) is 10.0. The highest BCUT2D eigenvalue weighted by Crippen LogP contribution is 2.37. The third-order valence-electron chi connectivity index (χ3n) is 2.41. The summed E-state index contributed by atoms with van der Waals surface area (Å²) in [4.78, 5) is 0. The van der Waals surface area contributed by atoms with Gasteiger partial charge in [0.2, 0.25) is 0 Å². The zero-order valence-electron chi connectivity index (χ0n) is 10.0. The van der Waals surface area contributed by atoms with Gasteiger partial charge in [-0.15, -0.1) is 0 Å². The number of nitrogens with two attached hydrogens (primary N) is 1. The molecule has 0 heterocycles. The molecule has 0 atom stereocenters. The van der Waals surface area contributed by atoms with Crippen LogP contribution in [0.15, 0.2) is 12.1 Å². The molecule has 0 bridgehead atoms. The maximum Gasteiger partial charge on any atom is 0.145 e. The van der Waals surface area contributed by atoms with E-state index < -0.39 is 0 Å². The Morgan fingerprint density at radius 2 is 1.40 bits per heavy atom. The zero-order chi connectivity index (χ0) is 11.6. The molecule has 2 N–H and O–H groups in total. The first-order valence-corrected chi connectivity index (χ1v) is 4.92. The molecule has 1 rings (SSSR count). The second-order valence-electron chi connectivity index (χ2n) is 4.54. The second-order valence-corrected chi connectivity index (χ2v) is 4.54. The molecule has 1 aromatic rings. The van der Waals surface area contributed by atoms with Gasteiger partial charge in [-0.3, -0.25) is 0 Å². The minimum Gasteiger partial charge on any atom is -0.494 e. The maximum absolute atomic E-state index is 5.87. The smallest absolute Gasteiger partial charge is 0.145 e. The van der Waals surface area contributed by atoms with E-state index in [-0.39, 0.29) is 5.41 Å². The van der Waals surface area contributed by atoms with Crippen LogP contribution in [0.1, 0.15) is 26.3 Å². The van der Waals surface area contributed by atoms with Crippen molar-refractivity contribution in [2.75, 3.05) is 20.0 Å². The number of benzene rings is 1. The summed E-state index contributed by atoms with van der Waals surface area (Å²) in [5.74, 6) is 1.33. The van der Waals surface area contributed by atoms with Gasteiger partial charge in [0.1, 0.15) is 17.2 Å². The molecule has 3 nitrogen and oxygen atoms in total. The van der Waals surface area contributed by atoms with Crippen molar-refractivity contribution in [1.29, 1.82) is 0 Å².